The van der Waals surface area contributed by atoms with Crippen molar-refractivity contribution >= 4 is 44.9 Å². The van der Waals surface area contributed by atoms with Gasteiger partial charge in [-0.25, -0.2) is 0 Å². The molecule has 0 saturated heterocycles. The highest BCUT2D eigenvalue weighted by Gasteiger charge is 2.46. The number of nitrogens with zero attached hydrogens (tertiary/aromatic N) is 2. The van der Waals surface area contributed by atoms with Crippen LogP contribution in [0.25, 0.3) is 55.3 Å². The van der Waals surface area contributed by atoms with Gasteiger partial charge in [0, 0.05) is 33.8 Å². The van der Waals surface area contributed by atoms with Gasteiger partial charge in [-0.3, -0.25) is 0 Å². The third-order valence-electron chi connectivity index (χ3n) is 14.7. The van der Waals surface area contributed by atoms with Crippen LogP contribution >= 0.6 is 0 Å². The quantitative estimate of drug-likeness (QED) is 0.128. The average molecular weight is 931 g/mol. The second kappa shape index (κ2) is 18.7. The molecular formula is C71H50N2. The highest BCUT2D eigenvalue weighted by Crippen LogP contribution is 2.57. The minimum atomic E-state index is -0.504. The highest BCUT2D eigenvalue weighted by atomic mass is 15.1. The summed E-state index contributed by atoms with van der Waals surface area (Å²) in [6.07, 6.45) is 0. The van der Waals surface area contributed by atoms with Gasteiger partial charge in [0.1, 0.15) is 0 Å². The van der Waals surface area contributed by atoms with Crippen LogP contribution < -0.4 is 9.80 Å². The van der Waals surface area contributed by atoms with E-state index in [1.807, 2.05) is 0 Å². The molecule has 0 atom stereocenters. The summed E-state index contributed by atoms with van der Waals surface area (Å²) in [4.78, 5) is 4.81. The molecule has 2 heteroatoms. The summed E-state index contributed by atoms with van der Waals surface area (Å²) in [5.74, 6) is 0. The highest BCUT2D eigenvalue weighted by molar-refractivity contribution is 6.06. The molecule has 344 valence electrons. The van der Waals surface area contributed by atoms with E-state index in [1.165, 1.54) is 72.0 Å². The number of anilines is 6. The van der Waals surface area contributed by atoms with E-state index in [0.29, 0.717) is 0 Å². The number of fused-ring (bicyclic) bond motifs is 4. The molecule has 73 heavy (non-hydrogen) atoms. The van der Waals surface area contributed by atoms with Crippen LogP contribution in [-0.4, -0.2) is 0 Å². The number of rotatable bonds is 11. The summed E-state index contributed by atoms with van der Waals surface area (Å²) in [5, 5.41) is 2.36. The van der Waals surface area contributed by atoms with E-state index in [2.05, 4.69) is 313 Å². The fourth-order valence-electron chi connectivity index (χ4n) is 11.4. The van der Waals surface area contributed by atoms with E-state index >= 15 is 0 Å². The number of hydrogen-bond acceptors (Lipinski definition) is 2. The predicted octanol–water partition coefficient (Wildman–Crippen LogP) is 19.1. The van der Waals surface area contributed by atoms with Crippen LogP contribution in [0.4, 0.5) is 34.1 Å². The zero-order valence-electron chi connectivity index (χ0n) is 40.3. The second-order valence-corrected chi connectivity index (χ2v) is 18.8. The monoisotopic (exact) mass is 930 g/mol. The zero-order chi connectivity index (χ0) is 48.6. The molecule has 0 N–H and O–H groups in total. The molecule has 1 aliphatic carbocycles. The van der Waals surface area contributed by atoms with Gasteiger partial charge in [0.25, 0.3) is 0 Å². The van der Waals surface area contributed by atoms with Crippen LogP contribution in [-0.2, 0) is 5.41 Å². The third kappa shape index (κ3) is 7.69. The van der Waals surface area contributed by atoms with E-state index in [-0.39, 0.29) is 0 Å². The van der Waals surface area contributed by atoms with Crippen molar-refractivity contribution in [1.82, 2.24) is 0 Å². The third-order valence-corrected chi connectivity index (χ3v) is 14.7. The van der Waals surface area contributed by atoms with Crippen molar-refractivity contribution in [1.29, 1.82) is 0 Å². The number of para-hydroxylation sites is 1. The molecular weight excluding hydrogens is 881 g/mol. The molecule has 12 aromatic carbocycles. The predicted molar refractivity (Wildman–Crippen MR) is 307 cm³/mol. The van der Waals surface area contributed by atoms with Crippen LogP contribution in [0.2, 0.25) is 0 Å². The minimum Gasteiger partial charge on any atom is -0.310 e. The summed E-state index contributed by atoms with van der Waals surface area (Å²) in [7, 11) is 0. The Labute approximate surface area is 428 Å². The van der Waals surface area contributed by atoms with Gasteiger partial charge in [0.15, 0.2) is 0 Å². The van der Waals surface area contributed by atoms with E-state index in [9.17, 15) is 0 Å². The van der Waals surface area contributed by atoms with Crippen molar-refractivity contribution in [3.8, 4) is 44.5 Å². The van der Waals surface area contributed by atoms with Crippen molar-refractivity contribution in [3.05, 3.63) is 326 Å². The maximum Gasteiger partial charge on any atom is 0.0714 e. The van der Waals surface area contributed by atoms with E-state index < -0.39 is 5.41 Å². The Bertz CT molecular complexity index is 3830. The Morgan fingerprint density at radius 1 is 0.219 bits per heavy atom. The number of benzene rings is 12. The molecule has 0 unspecified atom stereocenters. The Kier molecular flexibility index (Phi) is 11.1. The number of hydrogen-bond donors (Lipinski definition) is 0. The Morgan fingerprint density at radius 3 is 1.30 bits per heavy atom. The summed E-state index contributed by atoms with van der Waals surface area (Å²) in [6, 6.07) is 111. The molecule has 1 aliphatic rings. The standard InChI is InChI=1S/C71H50N2/c1-6-21-51(22-7-1)53-37-41-60(42-38-53)73(61-32-20-25-55(49-61)52-23-8-2-9-24-52)70-48-47-63(64-33-16-17-35-67(64)70)54-39-43-59(44-40-54)72(58-30-14-5-15-31-58)62-45-46-66-65-34-18-19-36-68(65)71(69(66)50-62,56-26-10-3-11-27-56)57-28-12-4-13-29-57/h1-50H. The molecule has 2 nitrogen and oxygen atoms in total. The second-order valence-electron chi connectivity index (χ2n) is 18.8. The maximum atomic E-state index is 2.44. The Balaban J connectivity index is 0.920. The summed E-state index contributed by atoms with van der Waals surface area (Å²) < 4.78 is 0. The molecule has 0 saturated carbocycles. The first kappa shape index (κ1) is 43.5. The lowest BCUT2D eigenvalue weighted by molar-refractivity contribution is 0.768. The van der Waals surface area contributed by atoms with Crippen LogP contribution in [0.1, 0.15) is 22.3 Å². The lowest BCUT2D eigenvalue weighted by Gasteiger charge is -2.35. The van der Waals surface area contributed by atoms with Crippen molar-refractivity contribution in [2.45, 2.75) is 5.41 Å². The molecule has 0 bridgehead atoms. The molecule has 0 heterocycles. The SMILES string of the molecule is c1ccc(-c2ccc(N(c3cccc(-c4ccccc4)c3)c3ccc(-c4ccc(N(c5ccccc5)c5ccc6c(c5)C(c5ccccc5)(c5ccccc5)c5ccccc5-6)cc4)c4ccccc34)cc2)cc1. The van der Waals surface area contributed by atoms with Gasteiger partial charge in [0.05, 0.1) is 11.1 Å². The van der Waals surface area contributed by atoms with Gasteiger partial charge < -0.3 is 9.80 Å². The van der Waals surface area contributed by atoms with E-state index in [0.717, 1.165) is 39.7 Å². The zero-order valence-corrected chi connectivity index (χ0v) is 40.3. The van der Waals surface area contributed by atoms with Crippen LogP contribution in [0.15, 0.2) is 303 Å². The van der Waals surface area contributed by atoms with E-state index in [4.69, 9.17) is 0 Å². The Morgan fingerprint density at radius 2 is 0.644 bits per heavy atom. The fourth-order valence-corrected chi connectivity index (χ4v) is 11.4. The minimum absolute atomic E-state index is 0.504. The molecule has 0 fully saturated rings. The molecule has 0 spiro atoms. The van der Waals surface area contributed by atoms with E-state index in [1.54, 1.807) is 0 Å². The topological polar surface area (TPSA) is 6.48 Å². The van der Waals surface area contributed by atoms with Crippen molar-refractivity contribution < 1.29 is 0 Å². The van der Waals surface area contributed by atoms with Gasteiger partial charge in [-0.05, 0) is 139 Å². The van der Waals surface area contributed by atoms with Gasteiger partial charge in [-0.15, -0.1) is 0 Å². The summed E-state index contributed by atoms with van der Waals surface area (Å²) in [6.45, 7) is 0. The molecule has 0 amide bonds. The van der Waals surface area contributed by atoms with Gasteiger partial charge in [-0.1, -0.05) is 237 Å². The molecule has 0 radical (unpaired) electrons. The normalized spacial score (nSPS) is 12.2. The van der Waals surface area contributed by atoms with Crippen LogP contribution in [0, 0.1) is 0 Å². The maximum absolute atomic E-state index is 2.44. The molecule has 13 rings (SSSR count). The van der Waals surface area contributed by atoms with Gasteiger partial charge >= 0.3 is 0 Å². The van der Waals surface area contributed by atoms with Gasteiger partial charge in [-0.2, -0.15) is 0 Å². The lowest BCUT2D eigenvalue weighted by atomic mass is 9.67. The average Bonchev–Trinajstić information content (AvgIpc) is 3.78. The van der Waals surface area contributed by atoms with Crippen LogP contribution in [0.3, 0.4) is 0 Å². The first-order chi connectivity index (χ1) is 36.2. The first-order valence-electron chi connectivity index (χ1n) is 25.2. The van der Waals surface area contributed by atoms with Crippen molar-refractivity contribution in [2.75, 3.05) is 9.80 Å². The molecule has 0 aromatic heterocycles. The van der Waals surface area contributed by atoms with Crippen molar-refractivity contribution in [3.63, 3.8) is 0 Å². The van der Waals surface area contributed by atoms with Crippen LogP contribution in [0.5, 0.6) is 0 Å². The molecule has 12 aromatic rings. The largest absolute Gasteiger partial charge is 0.310 e. The summed E-state index contributed by atoms with van der Waals surface area (Å²) >= 11 is 0. The Hall–Kier alpha value is -9.50. The summed E-state index contributed by atoms with van der Waals surface area (Å²) in [5.41, 5.74) is 20.8. The fraction of sp³-hybridized carbons (Fsp3) is 0.0141. The molecule has 0 aliphatic heterocycles. The smallest absolute Gasteiger partial charge is 0.0714 e. The van der Waals surface area contributed by atoms with Crippen molar-refractivity contribution in [2.24, 2.45) is 0 Å². The lowest BCUT2D eigenvalue weighted by Crippen LogP contribution is -2.28. The van der Waals surface area contributed by atoms with Gasteiger partial charge in [0.2, 0.25) is 0 Å². The first-order valence-corrected chi connectivity index (χ1v) is 25.2.